The summed E-state index contributed by atoms with van der Waals surface area (Å²) in [5, 5.41) is 13.9. The maximum absolute atomic E-state index is 10.2. The monoisotopic (exact) mass is 519 g/mol. The molecule has 1 aromatic carbocycles. The summed E-state index contributed by atoms with van der Waals surface area (Å²) in [6.07, 6.45) is 13.6. The summed E-state index contributed by atoms with van der Waals surface area (Å²) in [7, 11) is 0. The van der Waals surface area contributed by atoms with Crippen molar-refractivity contribution in [3.8, 4) is 5.75 Å². The van der Waals surface area contributed by atoms with Crippen LogP contribution in [0.4, 0.5) is 0 Å². The zero-order valence-electron chi connectivity index (χ0n) is 23.1. The van der Waals surface area contributed by atoms with Crippen LogP contribution >= 0.6 is 0 Å². The van der Waals surface area contributed by atoms with Gasteiger partial charge in [0.1, 0.15) is 17.4 Å². The Morgan fingerprint density at radius 3 is 2.55 bits per heavy atom. The van der Waals surface area contributed by atoms with Gasteiger partial charge in [-0.25, -0.2) is 9.97 Å². The van der Waals surface area contributed by atoms with Gasteiger partial charge >= 0.3 is 0 Å². The lowest BCUT2D eigenvalue weighted by Crippen LogP contribution is -2.42. The van der Waals surface area contributed by atoms with Crippen LogP contribution in [0.1, 0.15) is 62.8 Å². The number of phenolic OH excluding ortho intramolecular Hbond substituents is 1. The number of hydrogen-bond acceptors (Lipinski definition) is 6. The molecule has 5 rings (SSSR count). The van der Waals surface area contributed by atoms with Crippen molar-refractivity contribution in [2.24, 2.45) is 11.3 Å². The first-order chi connectivity index (χ1) is 18.5. The van der Waals surface area contributed by atoms with E-state index in [2.05, 4.69) is 49.7 Å². The molecular weight excluding hydrogens is 474 g/mol. The fourth-order valence-electron chi connectivity index (χ4n) is 6.39. The molecule has 206 valence electrons. The summed E-state index contributed by atoms with van der Waals surface area (Å²) in [6.45, 7) is 13.6. The molecule has 0 radical (unpaired) electrons. The molecule has 1 atom stereocenters. The van der Waals surface area contributed by atoms with Crippen molar-refractivity contribution in [3.63, 3.8) is 0 Å². The molecule has 38 heavy (non-hydrogen) atoms. The number of aromatic nitrogens is 4. The van der Waals surface area contributed by atoms with E-state index in [-0.39, 0.29) is 6.04 Å². The van der Waals surface area contributed by atoms with Gasteiger partial charge in [-0.3, -0.25) is 0 Å². The first-order valence-corrected chi connectivity index (χ1v) is 14.4. The molecule has 2 aliphatic rings. The topological polar surface area (TPSA) is 85.2 Å². The molecule has 0 aliphatic carbocycles. The summed E-state index contributed by atoms with van der Waals surface area (Å²) in [5.41, 5.74) is 1.43. The van der Waals surface area contributed by atoms with Crippen molar-refractivity contribution in [2.75, 3.05) is 39.3 Å². The minimum absolute atomic E-state index is 0.0122. The number of hydrogen-bond donors (Lipinski definition) is 3. The van der Waals surface area contributed by atoms with Gasteiger partial charge in [-0.05, 0) is 69.3 Å². The molecule has 1 unspecified atom stereocenters. The van der Waals surface area contributed by atoms with E-state index in [0.29, 0.717) is 24.1 Å². The molecule has 2 aliphatic heterocycles. The van der Waals surface area contributed by atoms with E-state index in [0.717, 1.165) is 42.6 Å². The van der Waals surface area contributed by atoms with E-state index in [4.69, 9.17) is 4.98 Å². The standard InChI is InChI=1S/C30H45N7O/c1-24(2)22-35-16-8-30(9-17-35)10-18-36(23-30)14-5-15-37-19-13-33-29(37)26(20-28-31-11-12-32-28)34-21-25-6-3-4-7-27(25)38/h3-4,6-7,11-13,19,24,26,34,38H,5,8-10,14-18,20-23H2,1-2H3,(H,31,32). The molecule has 2 fully saturated rings. The fourth-order valence-corrected chi connectivity index (χ4v) is 6.39. The highest BCUT2D eigenvalue weighted by Crippen LogP contribution is 2.40. The number of aromatic hydroxyl groups is 1. The number of para-hydroxylation sites is 1. The quantitative estimate of drug-likeness (QED) is 0.332. The minimum Gasteiger partial charge on any atom is -0.508 e. The molecule has 2 saturated heterocycles. The number of likely N-dealkylation sites (tertiary alicyclic amines) is 2. The van der Waals surface area contributed by atoms with Crippen LogP contribution in [-0.2, 0) is 19.5 Å². The van der Waals surface area contributed by atoms with Crippen molar-refractivity contribution in [1.29, 1.82) is 0 Å². The van der Waals surface area contributed by atoms with Crippen molar-refractivity contribution in [2.45, 2.75) is 65.1 Å². The largest absolute Gasteiger partial charge is 0.508 e. The van der Waals surface area contributed by atoms with Crippen LogP contribution in [0.5, 0.6) is 5.75 Å². The Labute approximate surface area is 227 Å². The molecule has 0 saturated carbocycles. The highest BCUT2D eigenvalue weighted by atomic mass is 16.3. The summed E-state index contributed by atoms with van der Waals surface area (Å²) in [4.78, 5) is 17.8. The second-order valence-corrected chi connectivity index (χ2v) is 11.9. The van der Waals surface area contributed by atoms with Gasteiger partial charge in [0.05, 0.1) is 6.04 Å². The average molecular weight is 520 g/mol. The van der Waals surface area contributed by atoms with Crippen LogP contribution in [0.15, 0.2) is 49.1 Å². The molecule has 0 amide bonds. The van der Waals surface area contributed by atoms with Gasteiger partial charge < -0.3 is 29.8 Å². The molecule has 0 bridgehead atoms. The van der Waals surface area contributed by atoms with E-state index in [1.165, 1.54) is 52.0 Å². The van der Waals surface area contributed by atoms with Crippen LogP contribution in [-0.4, -0.2) is 73.7 Å². The first kappa shape index (κ1) is 26.9. The number of H-pyrrole nitrogens is 1. The highest BCUT2D eigenvalue weighted by Gasteiger charge is 2.40. The summed E-state index contributed by atoms with van der Waals surface area (Å²) >= 11 is 0. The number of aryl methyl sites for hydroxylation is 1. The maximum Gasteiger partial charge on any atom is 0.126 e. The summed E-state index contributed by atoms with van der Waals surface area (Å²) in [5.74, 6) is 3.02. The van der Waals surface area contributed by atoms with Crippen molar-refractivity contribution < 1.29 is 5.11 Å². The normalized spacial score (nSPS) is 19.0. The van der Waals surface area contributed by atoms with Gasteiger partial charge in [-0.15, -0.1) is 0 Å². The van der Waals surface area contributed by atoms with Gasteiger partial charge in [-0.1, -0.05) is 32.0 Å². The number of imidazole rings is 2. The lowest BCUT2D eigenvalue weighted by molar-refractivity contribution is 0.0989. The van der Waals surface area contributed by atoms with Crippen LogP contribution < -0.4 is 5.32 Å². The van der Waals surface area contributed by atoms with Gasteiger partial charge in [0.15, 0.2) is 0 Å². The average Bonchev–Trinajstić information content (AvgIpc) is 3.66. The lowest BCUT2D eigenvalue weighted by atomic mass is 9.77. The van der Waals surface area contributed by atoms with Crippen LogP contribution in [0.25, 0.3) is 0 Å². The molecule has 3 aromatic rings. The predicted molar refractivity (Wildman–Crippen MR) is 151 cm³/mol. The Morgan fingerprint density at radius 1 is 1.03 bits per heavy atom. The second kappa shape index (κ2) is 12.5. The smallest absolute Gasteiger partial charge is 0.126 e. The zero-order valence-corrected chi connectivity index (χ0v) is 23.1. The van der Waals surface area contributed by atoms with Crippen molar-refractivity contribution in [3.05, 3.63) is 66.3 Å². The minimum atomic E-state index is -0.0122. The molecule has 2 aromatic heterocycles. The number of piperidine rings is 1. The molecule has 8 heteroatoms. The first-order valence-electron chi connectivity index (χ1n) is 14.4. The van der Waals surface area contributed by atoms with Crippen molar-refractivity contribution >= 4 is 0 Å². The van der Waals surface area contributed by atoms with Gasteiger partial charge in [0, 0.05) is 63.0 Å². The number of nitrogens with one attached hydrogen (secondary N) is 2. The predicted octanol–water partition coefficient (Wildman–Crippen LogP) is 4.22. The van der Waals surface area contributed by atoms with E-state index in [9.17, 15) is 5.11 Å². The molecule has 3 N–H and O–H groups in total. The zero-order chi connectivity index (χ0) is 26.4. The van der Waals surface area contributed by atoms with Gasteiger partial charge in [-0.2, -0.15) is 0 Å². The Hall–Kier alpha value is -2.68. The Balaban J connectivity index is 1.15. The summed E-state index contributed by atoms with van der Waals surface area (Å²) in [6, 6.07) is 7.48. The highest BCUT2D eigenvalue weighted by molar-refractivity contribution is 5.31. The molecule has 1 spiro atoms. The van der Waals surface area contributed by atoms with Crippen LogP contribution in [0, 0.1) is 11.3 Å². The van der Waals surface area contributed by atoms with Gasteiger partial charge in [0.25, 0.3) is 0 Å². The maximum atomic E-state index is 10.2. The Bertz CT molecular complexity index is 1120. The van der Waals surface area contributed by atoms with Crippen LogP contribution in [0.2, 0.25) is 0 Å². The van der Waals surface area contributed by atoms with Gasteiger partial charge in [0.2, 0.25) is 0 Å². The molecule has 4 heterocycles. The molecular formula is C30H45N7O. The van der Waals surface area contributed by atoms with E-state index in [1.54, 1.807) is 12.3 Å². The number of nitrogens with zero attached hydrogens (tertiary/aromatic N) is 5. The van der Waals surface area contributed by atoms with Crippen LogP contribution in [0.3, 0.4) is 0 Å². The third-order valence-electron chi connectivity index (χ3n) is 8.47. The van der Waals surface area contributed by atoms with E-state index >= 15 is 0 Å². The number of aromatic amines is 1. The Kier molecular flexibility index (Phi) is 8.82. The third kappa shape index (κ3) is 6.84. The number of rotatable bonds is 12. The fraction of sp³-hybridized carbons (Fsp3) is 0.600. The molecule has 8 nitrogen and oxygen atoms in total. The van der Waals surface area contributed by atoms with E-state index in [1.807, 2.05) is 30.6 Å². The van der Waals surface area contributed by atoms with Crippen molar-refractivity contribution in [1.82, 2.24) is 34.6 Å². The number of benzene rings is 1. The SMILES string of the molecule is CC(C)CN1CCC2(CC1)CCN(CCCn1ccnc1C(Cc1ncc[nH]1)NCc1ccccc1O)C2. The Morgan fingerprint density at radius 2 is 1.82 bits per heavy atom. The lowest BCUT2D eigenvalue weighted by Gasteiger charge is -2.40. The summed E-state index contributed by atoms with van der Waals surface area (Å²) < 4.78 is 2.29. The second-order valence-electron chi connectivity index (χ2n) is 11.9. The van der Waals surface area contributed by atoms with E-state index < -0.39 is 0 Å². The third-order valence-corrected chi connectivity index (χ3v) is 8.47. The number of phenols is 1.